The first-order valence-electron chi connectivity index (χ1n) is 26.6. The number of carbonyl (C=O) groups excluding carboxylic acids is 2. The lowest BCUT2D eigenvalue weighted by molar-refractivity contribution is -0.240. The zero-order valence-electron chi connectivity index (χ0n) is 44.5. The van der Waals surface area contributed by atoms with Gasteiger partial charge in [0.2, 0.25) is 0 Å². The summed E-state index contributed by atoms with van der Waals surface area (Å²) in [4.78, 5) is 26.6. The fraction of sp³-hybridized carbons (Fsp3) is 0.733. The maximum absolute atomic E-state index is 13.3. The van der Waals surface area contributed by atoms with Crippen molar-refractivity contribution in [3.05, 3.63) is 51.6 Å². The number of carbonyl (C=O) groups is 2. The molecule has 0 radical (unpaired) electrons. The molecule has 69 heavy (non-hydrogen) atoms. The molecule has 16 atom stereocenters. The van der Waals surface area contributed by atoms with Crippen molar-refractivity contribution in [2.24, 2.45) is 67.0 Å². The van der Waals surface area contributed by atoms with Crippen LogP contribution < -0.4 is 4.74 Å². The predicted octanol–water partition coefficient (Wildman–Crippen LogP) is 12.9. The van der Waals surface area contributed by atoms with Crippen LogP contribution in [-0.2, 0) is 29.9 Å². The van der Waals surface area contributed by atoms with E-state index in [9.17, 15) is 30.0 Å². The van der Waals surface area contributed by atoms with E-state index in [4.69, 9.17) is 14.2 Å². The van der Waals surface area contributed by atoms with E-state index in [0.29, 0.717) is 17.0 Å². The van der Waals surface area contributed by atoms with Crippen molar-refractivity contribution >= 4 is 18.0 Å². The van der Waals surface area contributed by atoms with Crippen molar-refractivity contribution in [3.63, 3.8) is 0 Å². The molecule has 2 aromatic carbocycles. The van der Waals surface area contributed by atoms with E-state index in [0.717, 1.165) is 112 Å². The summed E-state index contributed by atoms with van der Waals surface area (Å²) < 4.78 is 17.6. The molecule has 0 heterocycles. The maximum atomic E-state index is 13.3. The standard InChI is InChI=1S/C60H84O9/c1-33-35-15-16-40-55(7,23-27-58(10)41-31-53(5,49(65)67-13)19-17-51(41,3)21-25-57(40,58)9)36(35)30-39(44(33)62)69-47-34(2)43-37(29-38(47)61)56(8)24-28-59(11)42-32-54(6,50(66)68-14)20-18-52(42,4)22-26-60(59,12)48(56)46(64)45(43)63/h15-16,29-30,40-42,45-46,48,61-64H,17-28,31-32H2,1-14H3/t40-,41+,42-,45-,46-,48+,51-,52-,53-,54-,55+,56+,57-,58+,59+,60-/m1/s1. The second kappa shape index (κ2) is 15.0. The van der Waals surface area contributed by atoms with E-state index in [1.165, 1.54) is 14.2 Å². The first-order valence-corrected chi connectivity index (χ1v) is 26.6. The third-order valence-corrected chi connectivity index (χ3v) is 24.5. The minimum Gasteiger partial charge on any atom is -0.504 e. The Bertz CT molecular complexity index is 2570. The first-order chi connectivity index (χ1) is 32.0. The normalized spacial score (nSPS) is 47.1. The lowest BCUT2D eigenvalue weighted by Crippen LogP contribution is -2.68. The van der Waals surface area contributed by atoms with Crippen LogP contribution in [0.4, 0.5) is 0 Å². The SMILES string of the molecule is COC(=O)[C@]1(C)CC[C@]2(C)CC[C@]3(C)[C@H]4[C@H](O)[C@H](O)c5c(cc(O)c(Oc6cc7c(c(C)c6O)C=C[C@@H]6[C@@]7(C)CC[C@@]7(C)[C@H]8C[C@](C)(C(=O)OC)CC[C@]8(C)CC[C@]67C)c5C)[C@]4(C)CC[C@@]3(C)[C@@H]2C1. The summed E-state index contributed by atoms with van der Waals surface area (Å²) in [6.07, 6.45) is 15.2. The molecule has 0 saturated heterocycles. The third-order valence-electron chi connectivity index (χ3n) is 24.5. The average molecular weight is 949 g/mol. The second-order valence-electron chi connectivity index (χ2n) is 27.4. The molecule has 0 aromatic heterocycles. The highest BCUT2D eigenvalue weighted by atomic mass is 16.5. The number of allylic oxidation sites excluding steroid dienone is 1. The molecule has 9 heteroatoms. The summed E-state index contributed by atoms with van der Waals surface area (Å²) in [5, 5.41) is 49.4. The Morgan fingerprint density at radius 1 is 0.594 bits per heavy atom. The summed E-state index contributed by atoms with van der Waals surface area (Å²) in [5.41, 5.74) is 2.47. The molecule has 0 aliphatic heterocycles. The molecule has 8 aliphatic carbocycles. The van der Waals surface area contributed by atoms with Gasteiger partial charge in [-0.2, -0.15) is 0 Å². The maximum Gasteiger partial charge on any atom is 0.311 e. The molecule has 9 nitrogen and oxygen atoms in total. The third kappa shape index (κ3) is 6.07. The van der Waals surface area contributed by atoms with Crippen molar-refractivity contribution in [2.45, 2.75) is 196 Å². The monoisotopic (exact) mass is 949 g/mol. The summed E-state index contributed by atoms with van der Waals surface area (Å²) in [7, 11) is 3.02. The highest BCUT2D eigenvalue weighted by Gasteiger charge is 2.72. The molecule has 2 aromatic rings. The highest BCUT2D eigenvalue weighted by molar-refractivity contribution is 5.77. The van der Waals surface area contributed by atoms with Crippen LogP contribution in [0.3, 0.4) is 0 Å². The number of esters is 2. The summed E-state index contributed by atoms with van der Waals surface area (Å²) in [6.45, 7) is 27.2. The molecule has 6 fully saturated rings. The molecule has 0 bridgehead atoms. The van der Waals surface area contributed by atoms with Gasteiger partial charge in [-0.05, 0) is 208 Å². The second-order valence-corrected chi connectivity index (χ2v) is 27.4. The number of aliphatic hydroxyl groups excluding tert-OH is 2. The smallest absolute Gasteiger partial charge is 0.311 e. The van der Waals surface area contributed by atoms with E-state index in [1.54, 1.807) is 6.07 Å². The van der Waals surface area contributed by atoms with Crippen molar-refractivity contribution < 1.29 is 44.2 Å². The molecular weight excluding hydrogens is 865 g/mol. The van der Waals surface area contributed by atoms with Gasteiger partial charge in [0, 0.05) is 22.5 Å². The molecule has 0 amide bonds. The van der Waals surface area contributed by atoms with Crippen LogP contribution in [0.1, 0.15) is 199 Å². The molecule has 10 rings (SSSR count). The number of benzene rings is 2. The van der Waals surface area contributed by atoms with Gasteiger partial charge in [0.15, 0.2) is 23.0 Å². The molecule has 0 spiro atoms. The Labute approximate surface area is 412 Å². The highest BCUT2D eigenvalue weighted by Crippen LogP contribution is 2.78. The summed E-state index contributed by atoms with van der Waals surface area (Å²) >= 11 is 0. The van der Waals surface area contributed by atoms with Crippen molar-refractivity contribution in [2.75, 3.05) is 14.2 Å². The Morgan fingerprint density at radius 3 is 1.64 bits per heavy atom. The number of methoxy groups -OCH3 is 2. The first kappa shape index (κ1) is 49.0. The van der Waals surface area contributed by atoms with E-state index >= 15 is 0 Å². The molecule has 378 valence electrons. The van der Waals surface area contributed by atoms with Crippen molar-refractivity contribution in [3.8, 4) is 23.0 Å². The molecule has 8 aliphatic rings. The van der Waals surface area contributed by atoms with Crippen LogP contribution in [0.5, 0.6) is 23.0 Å². The van der Waals surface area contributed by atoms with Crippen molar-refractivity contribution in [1.29, 1.82) is 0 Å². The number of aromatic hydroxyl groups is 2. The topological polar surface area (TPSA) is 143 Å². The molecular formula is C60H84O9. The van der Waals surface area contributed by atoms with Gasteiger partial charge in [-0.1, -0.05) is 67.5 Å². The van der Waals surface area contributed by atoms with E-state index in [2.05, 4.69) is 81.4 Å². The van der Waals surface area contributed by atoms with Gasteiger partial charge in [0.1, 0.15) is 6.10 Å². The van der Waals surface area contributed by atoms with Crippen LogP contribution in [0.2, 0.25) is 0 Å². The average Bonchev–Trinajstić information content (AvgIpc) is 3.30. The number of hydrogen-bond donors (Lipinski definition) is 4. The quantitative estimate of drug-likeness (QED) is 0.220. The zero-order valence-corrected chi connectivity index (χ0v) is 44.5. The Hall–Kier alpha value is -3.56. The zero-order chi connectivity index (χ0) is 50.2. The minimum absolute atomic E-state index is 0.0176. The number of ether oxygens (including phenoxy) is 3. The van der Waals surface area contributed by atoms with Gasteiger partial charge in [-0.25, -0.2) is 0 Å². The fourth-order valence-corrected chi connectivity index (χ4v) is 19.4. The predicted molar refractivity (Wildman–Crippen MR) is 268 cm³/mol. The van der Waals surface area contributed by atoms with Gasteiger partial charge in [0.05, 0.1) is 31.2 Å². The molecule has 4 N–H and O–H groups in total. The number of fused-ring (bicyclic) bond motifs is 14. The largest absolute Gasteiger partial charge is 0.504 e. The number of phenols is 2. The van der Waals surface area contributed by atoms with Gasteiger partial charge in [0.25, 0.3) is 0 Å². The van der Waals surface area contributed by atoms with Crippen LogP contribution in [0, 0.1) is 80.8 Å². The lowest BCUT2D eigenvalue weighted by atomic mass is 9.32. The van der Waals surface area contributed by atoms with E-state index in [1.807, 2.05) is 19.9 Å². The Kier molecular flexibility index (Phi) is 10.7. The van der Waals surface area contributed by atoms with Gasteiger partial charge in [-0.15, -0.1) is 0 Å². The van der Waals surface area contributed by atoms with Gasteiger partial charge < -0.3 is 34.6 Å². The van der Waals surface area contributed by atoms with E-state index < -0.39 is 28.5 Å². The van der Waals surface area contributed by atoms with Crippen LogP contribution in [0.15, 0.2) is 18.2 Å². The fourth-order valence-electron chi connectivity index (χ4n) is 19.4. The Morgan fingerprint density at radius 2 is 1.09 bits per heavy atom. The Balaban J connectivity index is 0.994. The summed E-state index contributed by atoms with van der Waals surface area (Å²) in [6, 6.07) is 3.80. The molecule has 0 unspecified atom stereocenters. The lowest BCUT2D eigenvalue weighted by Gasteiger charge is -2.72. The number of phenolic OH excluding ortho intramolecular Hbond substituents is 2. The van der Waals surface area contributed by atoms with Crippen LogP contribution in [-0.4, -0.2) is 52.7 Å². The molecule has 6 saturated carbocycles. The van der Waals surface area contributed by atoms with E-state index in [-0.39, 0.29) is 90.6 Å². The number of aliphatic hydroxyl groups is 2. The van der Waals surface area contributed by atoms with Crippen LogP contribution >= 0.6 is 0 Å². The van der Waals surface area contributed by atoms with Crippen LogP contribution in [0.25, 0.3) is 6.08 Å². The van der Waals surface area contributed by atoms with Crippen molar-refractivity contribution in [1.82, 2.24) is 0 Å². The van der Waals surface area contributed by atoms with Gasteiger partial charge in [-0.3, -0.25) is 9.59 Å². The van der Waals surface area contributed by atoms with Gasteiger partial charge >= 0.3 is 11.9 Å². The minimum atomic E-state index is -1.23. The summed E-state index contributed by atoms with van der Waals surface area (Å²) in [5.74, 6) is 0.649. The number of rotatable bonds is 4. The number of hydrogen-bond acceptors (Lipinski definition) is 9.